The van der Waals surface area contributed by atoms with Crippen molar-refractivity contribution in [2.75, 3.05) is 19.0 Å². The molecular formula is C14H20N4O2. The minimum absolute atomic E-state index is 0.176. The molecule has 1 aromatic heterocycles. The molecule has 0 aliphatic carbocycles. The Hall–Kier alpha value is -2.16. The van der Waals surface area contributed by atoms with Crippen LogP contribution in [0.4, 0.5) is 5.82 Å². The van der Waals surface area contributed by atoms with Crippen molar-refractivity contribution in [3.8, 4) is 6.07 Å². The molecule has 0 saturated carbocycles. The third kappa shape index (κ3) is 4.50. The number of carbonyl (C=O) groups excluding carboxylic acids is 1. The zero-order valence-corrected chi connectivity index (χ0v) is 12.2. The molecule has 0 aliphatic rings. The fourth-order valence-corrected chi connectivity index (χ4v) is 1.75. The lowest BCUT2D eigenvalue weighted by Crippen LogP contribution is -2.09. The summed E-state index contributed by atoms with van der Waals surface area (Å²) in [5.41, 5.74) is 2.17. The Balaban J connectivity index is 2.38. The predicted molar refractivity (Wildman–Crippen MR) is 75.2 cm³/mol. The standard InChI is InChI=1S/C14H20N4O2/c1-10-11(2)17-18-14(12(10)9-15)16-8-6-4-5-7-13(19)20-3/h4-8H2,1-3H3,(H,16,18). The Morgan fingerprint density at radius 3 is 2.70 bits per heavy atom. The van der Waals surface area contributed by atoms with Crippen molar-refractivity contribution in [1.29, 1.82) is 5.26 Å². The lowest BCUT2D eigenvalue weighted by Gasteiger charge is -2.09. The van der Waals surface area contributed by atoms with Gasteiger partial charge < -0.3 is 10.1 Å². The summed E-state index contributed by atoms with van der Waals surface area (Å²) >= 11 is 0. The Bertz CT molecular complexity index is 509. The smallest absolute Gasteiger partial charge is 0.305 e. The van der Waals surface area contributed by atoms with Gasteiger partial charge in [-0.2, -0.15) is 10.4 Å². The Labute approximate surface area is 119 Å². The molecule has 1 heterocycles. The van der Waals surface area contributed by atoms with Crippen molar-refractivity contribution < 1.29 is 9.53 Å². The van der Waals surface area contributed by atoms with Crippen molar-refractivity contribution in [3.63, 3.8) is 0 Å². The van der Waals surface area contributed by atoms with Crippen molar-refractivity contribution in [1.82, 2.24) is 10.2 Å². The molecule has 0 unspecified atom stereocenters. The number of esters is 1. The average molecular weight is 276 g/mol. The highest BCUT2D eigenvalue weighted by Crippen LogP contribution is 2.17. The number of carbonyl (C=O) groups is 1. The van der Waals surface area contributed by atoms with Crippen LogP contribution in [0, 0.1) is 25.2 Å². The van der Waals surface area contributed by atoms with Gasteiger partial charge in [-0.3, -0.25) is 4.79 Å². The highest BCUT2D eigenvalue weighted by molar-refractivity contribution is 5.68. The molecule has 0 spiro atoms. The number of methoxy groups -OCH3 is 1. The van der Waals surface area contributed by atoms with Crippen LogP contribution < -0.4 is 5.32 Å². The third-order valence-electron chi connectivity index (χ3n) is 3.14. The van der Waals surface area contributed by atoms with Crippen molar-refractivity contribution in [3.05, 3.63) is 16.8 Å². The van der Waals surface area contributed by atoms with E-state index in [1.54, 1.807) is 0 Å². The second-order valence-corrected chi connectivity index (χ2v) is 4.56. The molecule has 6 nitrogen and oxygen atoms in total. The molecule has 0 aliphatic heterocycles. The number of hydrogen-bond acceptors (Lipinski definition) is 6. The largest absolute Gasteiger partial charge is 0.469 e. The fraction of sp³-hybridized carbons (Fsp3) is 0.571. The van der Waals surface area contributed by atoms with Crippen LogP contribution in [-0.4, -0.2) is 29.8 Å². The van der Waals surface area contributed by atoms with Gasteiger partial charge in [-0.05, 0) is 32.3 Å². The number of nitriles is 1. The van der Waals surface area contributed by atoms with Gasteiger partial charge in [-0.15, -0.1) is 5.10 Å². The van der Waals surface area contributed by atoms with Crippen LogP contribution in [-0.2, 0) is 9.53 Å². The van der Waals surface area contributed by atoms with Crippen LogP contribution in [0.5, 0.6) is 0 Å². The SMILES string of the molecule is COC(=O)CCCCCNc1nnc(C)c(C)c1C#N. The topological polar surface area (TPSA) is 87.9 Å². The monoisotopic (exact) mass is 276 g/mol. The number of anilines is 1. The van der Waals surface area contributed by atoms with Crippen LogP contribution in [0.3, 0.4) is 0 Å². The lowest BCUT2D eigenvalue weighted by atomic mass is 10.1. The average Bonchev–Trinajstić information content (AvgIpc) is 2.46. The molecule has 6 heteroatoms. The molecule has 0 saturated heterocycles. The highest BCUT2D eigenvalue weighted by Gasteiger charge is 2.09. The fourth-order valence-electron chi connectivity index (χ4n) is 1.75. The number of nitrogens with zero attached hydrogens (tertiary/aromatic N) is 3. The molecule has 1 N–H and O–H groups in total. The summed E-state index contributed by atoms with van der Waals surface area (Å²) in [6.45, 7) is 4.40. The van der Waals surface area contributed by atoms with Crippen LogP contribution in [0.15, 0.2) is 0 Å². The van der Waals surface area contributed by atoms with E-state index in [1.807, 2.05) is 13.8 Å². The molecule has 0 bridgehead atoms. The zero-order valence-electron chi connectivity index (χ0n) is 12.2. The number of hydrogen-bond donors (Lipinski definition) is 1. The van der Waals surface area contributed by atoms with Crippen molar-refractivity contribution in [2.45, 2.75) is 39.5 Å². The molecule has 0 amide bonds. The summed E-state index contributed by atoms with van der Waals surface area (Å²) in [7, 11) is 1.39. The molecule has 0 fully saturated rings. The Kier molecular flexibility index (Phi) is 6.44. The summed E-state index contributed by atoms with van der Waals surface area (Å²) in [5.74, 6) is 0.355. The first kappa shape index (κ1) is 15.9. The van der Waals surface area contributed by atoms with Crippen molar-refractivity contribution >= 4 is 11.8 Å². The zero-order chi connectivity index (χ0) is 15.0. The maximum Gasteiger partial charge on any atom is 0.305 e. The maximum absolute atomic E-state index is 10.9. The molecular weight excluding hydrogens is 256 g/mol. The molecule has 1 rings (SSSR count). The maximum atomic E-state index is 10.9. The second kappa shape index (κ2) is 8.10. The van der Waals surface area contributed by atoms with Gasteiger partial charge in [0.05, 0.1) is 12.8 Å². The van der Waals surface area contributed by atoms with Crippen molar-refractivity contribution in [2.24, 2.45) is 0 Å². The van der Waals surface area contributed by atoms with Gasteiger partial charge in [0.25, 0.3) is 0 Å². The van der Waals surface area contributed by atoms with Gasteiger partial charge in [-0.25, -0.2) is 0 Å². The van der Waals surface area contributed by atoms with E-state index in [1.165, 1.54) is 7.11 Å². The molecule has 108 valence electrons. The number of rotatable bonds is 7. The first-order chi connectivity index (χ1) is 9.60. The van der Waals surface area contributed by atoms with E-state index < -0.39 is 0 Å². The van der Waals surface area contributed by atoms with E-state index in [9.17, 15) is 4.79 Å². The van der Waals surface area contributed by atoms with Gasteiger partial charge in [0.2, 0.25) is 0 Å². The van der Waals surface area contributed by atoms with E-state index in [-0.39, 0.29) is 5.97 Å². The predicted octanol–water partition coefficient (Wildman–Crippen LogP) is 2.11. The first-order valence-electron chi connectivity index (χ1n) is 6.64. The van der Waals surface area contributed by atoms with Gasteiger partial charge in [-0.1, -0.05) is 6.42 Å². The molecule has 0 radical (unpaired) electrons. The molecule has 0 atom stereocenters. The van der Waals surface area contributed by atoms with Crippen LogP contribution in [0.25, 0.3) is 0 Å². The number of ether oxygens (including phenoxy) is 1. The highest BCUT2D eigenvalue weighted by atomic mass is 16.5. The lowest BCUT2D eigenvalue weighted by molar-refractivity contribution is -0.140. The van der Waals surface area contributed by atoms with Crippen LogP contribution >= 0.6 is 0 Å². The molecule has 20 heavy (non-hydrogen) atoms. The van der Waals surface area contributed by atoms with E-state index >= 15 is 0 Å². The van der Waals surface area contributed by atoms with Crippen LogP contribution in [0.2, 0.25) is 0 Å². The summed E-state index contributed by atoms with van der Waals surface area (Å²) in [6, 6.07) is 2.15. The Morgan fingerprint density at radius 1 is 1.30 bits per heavy atom. The van der Waals surface area contributed by atoms with E-state index in [2.05, 4.69) is 26.3 Å². The molecule has 1 aromatic rings. The normalized spacial score (nSPS) is 9.90. The first-order valence-corrected chi connectivity index (χ1v) is 6.64. The van der Waals surface area contributed by atoms with Gasteiger partial charge in [0.15, 0.2) is 5.82 Å². The summed E-state index contributed by atoms with van der Waals surface area (Å²) in [4.78, 5) is 10.9. The summed E-state index contributed by atoms with van der Waals surface area (Å²) in [6.07, 6.45) is 3.07. The van der Waals surface area contributed by atoms with E-state index in [0.717, 1.165) is 30.5 Å². The minimum atomic E-state index is -0.176. The number of aromatic nitrogens is 2. The third-order valence-corrected chi connectivity index (χ3v) is 3.14. The van der Waals surface area contributed by atoms with Gasteiger partial charge in [0.1, 0.15) is 11.6 Å². The number of aryl methyl sites for hydroxylation is 1. The second-order valence-electron chi connectivity index (χ2n) is 4.56. The number of nitrogens with one attached hydrogen (secondary N) is 1. The Morgan fingerprint density at radius 2 is 2.05 bits per heavy atom. The number of unbranched alkanes of at least 4 members (excludes halogenated alkanes) is 2. The molecule has 0 aromatic carbocycles. The van der Waals surface area contributed by atoms with E-state index in [0.29, 0.717) is 24.3 Å². The quantitative estimate of drug-likeness (QED) is 0.606. The summed E-state index contributed by atoms with van der Waals surface area (Å²) in [5, 5.41) is 20.3. The van der Waals surface area contributed by atoms with E-state index in [4.69, 9.17) is 5.26 Å². The minimum Gasteiger partial charge on any atom is -0.469 e. The van der Waals surface area contributed by atoms with Gasteiger partial charge >= 0.3 is 5.97 Å². The van der Waals surface area contributed by atoms with Crippen LogP contribution in [0.1, 0.15) is 42.5 Å². The van der Waals surface area contributed by atoms with Gasteiger partial charge in [0, 0.05) is 13.0 Å². The summed E-state index contributed by atoms with van der Waals surface area (Å²) < 4.78 is 4.57.